The second-order valence-electron chi connectivity index (χ2n) is 5.25. The normalized spacial score (nSPS) is 12.0. The van der Waals surface area contributed by atoms with Crippen molar-refractivity contribution in [1.82, 2.24) is 0 Å². The molecule has 0 saturated carbocycles. The summed E-state index contributed by atoms with van der Waals surface area (Å²) in [5.74, 6) is 0.691. The lowest BCUT2D eigenvalue weighted by Gasteiger charge is -2.16. The van der Waals surface area contributed by atoms with Crippen LogP contribution in [0.1, 0.15) is 25.8 Å². The summed E-state index contributed by atoms with van der Waals surface area (Å²) in [7, 11) is 0. The zero-order valence-electron chi connectivity index (χ0n) is 12.6. The van der Waals surface area contributed by atoms with E-state index in [0.717, 1.165) is 36.4 Å². The van der Waals surface area contributed by atoms with Gasteiger partial charge in [0, 0.05) is 17.8 Å². The van der Waals surface area contributed by atoms with Gasteiger partial charge in [-0.25, -0.2) is 4.39 Å². The molecule has 0 amide bonds. The van der Waals surface area contributed by atoms with Gasteiger partial charge in [-0.05, 0) is 49.6 Å². The Balaban J connectivity index is 1.92. The van der Waals surface area contributed by atoms with Gasteiger partial charge in [-0.1, -0.05) is 25.1 Å². The van der Waals surface area contributed by atoms with Crippen LogP contribution in [0, 0.1) is 5.82 Å². The molecule has 0 heterocycles. The van der Waals surface area contributed by atoms with Crippen LogP contribution in [0.2, 0.25) is 0 Å². The summed E-state index contributed by atoms with van der Waals surface area (Å²) in [5, 5.41) is 3.45. The van der Waals surface area contributed by atoms with Crippen LogP contribution < -0.4 is 10.1 Å². The number of halogens is 1. The molecular weight excluding hydrogens is 265 g/mol. The average molecular weight is 287 g/mol. The maximum Gasteiger partial charge on any atom is 0.123 e. The Morgan fingerprint density at radius 3 is 2.62 bits per heavy atom. The van der Waals surface area contributed by atoms with Gasteiger partial charge in [-0.2, -0.15) is 0 Å². The van der Waals surface area contributed by atoms with E-state index in [-0.39, 0.29) is 11.9 Å². The first-order valence-electron chi connectivity index (χ1n) is 7.41. The minimum absolute atomic E-state index is 0.194. The van der Waals surface area contributed by atoms with Crippen LogP contribution in [0.25, 0.3) is 0 Å². The number of ether oxygens (including phenoxy) is 1. The fraction of sp³-hybridized carbons (Fsp3) is 0.333. The Labute approximate surface area is 126 Å². The van der Waals surface area contributed by atoms with Crippen molar-refractivity contribution in [2.75, 3.05) is 11.9 Å². The SMILES string of the molecule is CCCOc1cccc(NC(C)Cc2ccc(F)cc2)c1. The minimum Gasteiger partial charge on any atom is -0.494 e. The fourth-order valence-corrected chi connectivity index (χ4v) is 2.21. The van der Waals surface area contributed by atoms with Crippen LogP contribution in [-0.2, 0) is 6.42 Å². The molecule has 2 aromatic carbocycles. The standard InChI is InChI=1S/C18H22FNO/c1-3-11-21-18-6-4-5-17(13-18)20-14(2)12-15-7-9-16(19)10-8-15/h4-10,13-14,20H,3,11-12H2,1-2H3. The predicted octanol–water partition coefficient (Wildman–Crippen LogP) is 4.66. The fourth-order valence-electron chi connectivity index (χ4n) is 2.21. The second-order valence-corrected chi connectivity index (χ2v) is 5.25. The monoisotopic (exact) mass is 287 g/mol. The molecule has 0 spiro atoms. The van der Waals surface area contributed by atoms with E-state index in [9.17, 15) is 4.39 Å². The number of rotatable bonds is 7. The van der Waals surface area contributed by atoms with Gasteiger partial charge >= 0.3 is 0 Å². The van der Waals surface area contributed by atoms with Crippen molar-refractivity contribution in [2.45, 2.75) is 32.7 Å². The Morgan fingerprint density at radius 2 is 1.90 bits per heavy atom. The highest BCUT2D eigenvalue weighted by atomic mass is 19.1. The Kier molecular flexibility index (Phi) is 5.61. The van der Waals surface area contributed by atoms with E-state index in [1.165, 1.54) is 12.1 Å². The molecule has 0 aliphatic rings. The van der Waals surface area contributed by atoms with Crippen LogP contribution in [-0.4, -0.2) is 12.6 Å². The molecule has 2 rings (SSSR count). The third-order valence-electron chi connectivity index (χ3n) is 3.18. The molecule has 0 aliphatic carbocycles. The molecule has 0 fully saturated rings. The molecule has 1 atom stereocenters. The average Bonchev–Trinajstić information content (AvgIpc) is 2.48. The van der Waals surface area contributed by atoms with Crippen molar-refractivity contribution in [1.29, 1.82) is 0 Å². The van der Waals surface area contributed by atoms with Crippen molar-refractivity contribution in [2.24, 2.45) is 0 Å². The van der Waals surface area contributed by atoms with E-state index in [4.69, 9.17) is 4.74 Å². The lowest BCUT2D eigenvalue weighted by molar-refractivity contribution is 0.317. The molecule has 0 saturated heterocycles. The Hall–Kier alpha value is -2.03. The van der Waals surface area contributed by atoms with Crippen molar-refractivity contribution in [3.05, 3.63) is 59.9 Å². The van der Waals surface area contributed by atoms with Crippen molar-refractivity contribution in [3.8, 4) is 5.75 Å². The van der Waals surface area contributed by atoms with Crippen molar-refractivity contribution >= 4 is 5.69 Å². The lowest BCUT2D eigenvalue weighted by Crippen LogP contribution is -2.18. The van der Waals surface area contributed by atoms with Gasteiger partial charge in [0.25, 0.3) is 0 Å². The summed E-state index contributed by atoms with van der Waals surface area (Å²) < 4.78 is 18.5. The highest BCUT2D eigenvalue weighted by Crippen LogP contribution is 2.19. The molecule has 0 aliphatic heterocycles. The third-order valence-corrected chi connectivity index (χ3v) is 3.18. The van der Waals surface area contributed by atoms with E-state index in [2.05, 4.69) is 19.2 Å². The first-order valence-corrected chi connectivity index (χ1v) is 7.41. The van der Waals surface area contributed by atoms with Crippen LogP contribution in [0.4, 0.5) is 10.1 Å². The molecular formula is C18H22FNO. The van der Waals surface area contributed by atoms with E-state index in [1.54, 1.807) is 0 Å². The molecule has 21 heavy (non-hydrogen) atoms. The molecule has 2 aromatic rings. The number of hydrogen-bond donors (Lipinski definition) is 1. The largest absolute Gasteiger partial charge is 0.494 e. The number of hydrogen-bond acceptors (Lipinski definition) is 2. The Bertz CT molecular complexity index is 553. The summed E-state index contributed by atoms with van der Waals surface area (Å²) in [6.07, 6.45) is 1.85. The molecule has 0 bridgehead atoms. The predicted molar refractivity (Wildman–Crippen MR) is 85.4 cm³/mol. The summed E-state index contributed by atoms with van der Waals surface area (Å²) in [6.45, 7) is 4.93. The molecule has 1 N–H and O–H groups in total. The van der Waals surface area contributed by atoms with Crippen LogP contribution in [0.15, 0.2) is 48.5 Å². The lowest BCUT2D eigenvalue weighted by atomic mass is 10.1. The first-order chi connectivity index (χ1) is 10.2. The zero-order chi connectivity index (χ0) is 15.1. The van der Waals surface area contributed by atoms with Crippen molar-refractivity contribution in [3.63, 3.8) is 0 Å². The summed E-state index contributed by atoms with van der Waals surface area (Å²) >= 11 is 0. The van der Waals surface area contributed by atoms with Gasteiger partial charge in [0.2, 0.25) is 0 Å². The highest BCUT2D eigenvalue weighted by Gasteiger charge is 2.05. The van der Waals surface area contributed by atoms with Gasteiger partial charge in [0.05, 0.1) is 6.61 Å². The molecule has 2 nitrogen and oxygen atoms in total. The molecule has 0 radical (unpaired) electrons. The van der Waals surface area contributed by atoms with E-state index >= 15 is 0 Å². The molecule has 3 heteroatoms. The quantitative estimate of drug-likeness (QED) is 0.800. The van der Waals surface area contributed by atoms with Crippen LogP contribution in [0.3, 0.4) is 0 Å². The van der Waals surface area contributed by atoms with Gasteiger partial charge in [0.1, 0.15) is 11.6 Å². The molecule has 112 valence electrons. The van der Waals surface area contributed by atoms with Gasteiger partial charge < -0.3 is 10.1 Å². The minimum atomic E-state index is -0.194. The molecule has 0 aromatic heterocycles. The maximum absolute atomic E-state index is 12.9. The van der Waals surface area contributed by atoms with Crippen molar-refractivity contribution < 1.29 is 9.13 Å². The van der Waals surface area contributed by atoms with Gasteiger partial charge in [-0.3, -0.25) is 0 Å². The van der Waals surface area contributed by atoms with Gasteiger partial charge in [-0.15, -0.1) is 0 Å². The van der Waals surface area contributed by atoms with Crippen LogP contribution >= 0.6 is 0 Å². The van der Waals surface area contributed by atoms with E-state index < -0.39 is 0 Å². The first kappa shape index (κ1) is 15.4. The van der Waals surface area contributed by atoms with Crippen LogP contribution in [0.5, 0.6) is 5.75 Å². The highest BCUT2D eigenvalue weighted by molar-refractivity contribution is 5.49. The smallest absolute Gasteiger partial charge is 0.123 e. The topological polar surface area (TPSA) is 21.3 Å². The number of anilines is 1. The van der Waals surface area contributed by atoms with E-state index in [1.807, 2.05) is 36.4 Å². The summed E-state index contributed by atoms with van der Waals surface area (Å²) in [6, 6.07) is 14.9. The Morgan fingerprint density at radius 1 is 1.14 bits per heavy atom. The third kappa shape index (κ3) is 5.10. The number of benzene rings is 2. The number of nitrogens with one attached hydrogen (secondary N) is 1. The molecule has 1 unspecified atom stereocenters. The van der Waals surface area contributed by atoms with E-state index in [0.29, 0.717) is 0 Å². The second kappa shape index (κ2) is 7.67. The maximum atomic E-state index is 12.9. The van der Waals surface area contributed by atoms with Gasteiger partial charge in [0.15, 0.2) is 0 Å². The summed E-state index contributed by atoms with van der Waals surface area (Å²) in [5.41, 5.74) is 2.16. The zero-order valence-corrected chi connectivity index (χ0v) is 12.6. The summed E-state index contributed by atoms with van der Waals surface area (Å²) in [4.78, 5) is 0.